The molecule has 3 aromatic rings. The van der Waals surface area contributed by atoms with Crippen LogP contribution in [0, 0.1) is 0 Å². The Morgan fingerprint density at radius 2 is 1.56 bits per heavy atom. The number of fused-ring (bicyclic) bond motifs is 1. The van der Waals surface area contributed by atoms with E-state index in [2.05, 4.69) is 96.6 Å². The molecular formula is C30H31N3O. The molecule has 2 heterocycles. The van der Waals surface area contributed by atoms with Gasteiger partial charge in [0, 0.05) is 31.8 Å². The highest BCUT2D eigenvalue weighted by Gasteiger charge is 2.29. The molecule has 0 amide bonds. The molecule has 172 valence electrons. The number of amidine groups is 1. The number of aliphatic imine (C=N–C) groups is 1. The molecule has 0 fully saturated rings. The molecule has 0 saturated carbocycles. The first-order valence-electron chi connectivity index (χ1n) is 12.0. The van der Waals surface area contributed by atoms with E-state index in [1.807, 2.05) is 24.4 Å². The van der Waals surface area contributed by atoms with Crippen LogP contribution in [0.15, 0.2) is 114 Å². The van der Waals surface area contributed by atoms with Crippen molar-refractivity contribution in [3.63, 3.8) is 0 Å². The maximum atomic E-state index is 6.28. The largest absolute Gasteiger partial charge is 0.485 e. The number of rotatable bonds is 7. The molecule has 0 saturated heterocycles. The topological polar surface area (TPSA) is 28.1 Å². The Hall–Kier alpha value is -3.79. The molecule has 0 aromatic heterocycles. The van der Waals surface area contributed by atoms with Crippen LogP contribution in [0.2, 0.25) is 0 Å². The second-order valence-electron chi connectivity index (χ2n) is 9.01. The Bertz CT molecular complexity index is 1210. The van der Waals surface area contributed by atoms with E-state index < -0.39 is 0 Å². The lowest BCUT2D eigenvalue weighted by atomic mass is 9.96. The Morgan fingerprint density at radius 1 is 0.853 bits per heavy atom. The Balaban J connectivity index is 1.45. The van der Waals surface area contributed by atoms with Gasteiger partial charge in [0.15, 0.2) is 5.76 Å². The van der Waals surface area contributed by atoms with Gasteiger partial charge in [-0.2, -0.15) is 0 Å². The van der Waals surface area contributed by atoms with E-state index in [-0.39, 0.29) is 0 Å². The molecule has 34 heavy (non-hydrogen) atoms. The SMILES string of the molecule is CC(C)N1C=C2C(OCc3ccccc3)=CN=C(Cc3ccccc3-c3ccccc3)N2CC1. The quantitative estimate of drug-likeness (QED) is 0.428. The zero-order chi connectivity index (χ0) is 23.3. The van der Waals surface area contributed by atoms with Crippen molar-refractivity contribution in [2.24, 2.45) is 4.99 Å². The molecule has 2 aliphatic rings. The molecule has 4 heteroatoms. The van der Waals surface area contributed by atoms with Crippen LogP contribution in [0.25, 0.3) is 11.1 Å². The second kappa shape index (κ2) is 10.0. The molecule has 0 unspecified atom stereocenters. The van der Waals surface area contributed by atoms with Gasteiger partial charge in [-0.15, -0.1) is 0 Å². The average molecular weight is 450 g/mol. The highest BCUT2D eigenvalue weighted by atomic mass is 16.5. The standard InChI is InChI=1S/C30H31N3O/c1-23(2)32-17-18-33-28(21-32)29(34-22-24-11-5-3-6-12-24)20-31-30(33)19-26-15-9-10-16-27(26)25-13-7-4-8-14-25/h3-16,20-21,23H,17-19,22H2,1-2H3. The van der Waals surface area contributed by atoms with Crippen molar-refractivity contribution in [1.82, 2.24) is 9.80 Å². The maximum absolute atomic E-state index is 6.28. The van der Waals surface area contributed by atoms with E-state index >= 15 is 0 Å². The number of benzene rings is 3. The van der Waals surface area contributed by atoms with Crippen molar-refractivity contribution >= 4 is 5.84 Å². The monoisotopic (exact) mass is 449 g/mol. The van der Waals surface area contributed by atoms with Crippen LogP contribution in [0.1, 0.15) is 25.0 Å². The van der Waals surface area contributed by atoms with Crippen molar-refractivity contribution in [3.05, 3.63) is 120 Å². The summed E-state index contributed by atoms with van der Waals surface area (Å²) < 4.78 is 6.28. The summed E-state index contributed by atoms with van der Waals surface area (Å²) in [5, 5.41) is 0. The molecule has 0 spiro atoms. The molecule has 0 N–H and O–H groups in total. The summed E-state index contributed by atoms with van der Waals surface area (Å²) in [5.74, 6) is 1.89. The lowest BCUT2D eigenvalue weighted by Crippen LogP contribution is -2.46. The molecule has 2 aliphatic heterocycles. The van der Waals surface area contributed by atoms with Crippen LogP contribution in [0.4, 0.5) is 0 Å². The molecule has 4 nitrogen and oxygen atoms in total. The van der Waals surface area contributed by atoms with Gasteiger partial charge in [-0.25, -0.2) is 4.99 Å². The lowest BCUT2D eigenvalue weighted by Gasteiger charge is -2.40. The van der Waals surface area contributed by atoms with E-state index in [1.54, 1.807) is 0 Å². The lowest BCUT2D eigenvalue weighted by molar-refractivity contribution is 0.177. The van der Waals surface area contributed by atoms with Crippen LogP contribution in [0.5, 0.6) is 0 Å². The Morgan fingerprint density at radius 3 is 2.32 bits per heavy atom. The molecular weight excluding hydrogens is 418 g/mol. The summed E-state index contributed by atoms with van der Waals surface area (Å²) in [6.07, 6.45) is 4.91. The molecule has 3 aromatic carbocycles. The van der Waals surface area contributed by atoms with E-state index in [9.17, 15) is 0 Å². The smallest absolute Gasteiger partial charge is 0.163 e. The summed E-state index contributed by atoms with van der Waals surface area (Å²) in [5.41, 5.74) is 6.02. The fourth-order valence-corrected chi connectivity index (χ4v) is 4.50. The first-order chi connectivity index (χ1) is 16.7. The summed E-state index contributed by atoms with van der Waals surface area (Å²) in [7, 11) is 0. The summed E-state index contributed by atoms with van der Waals surface area (Å²) in [6, 6.07) is 29.9. The van der Waals surface area contributed by atoms with Crippen LogP contribution >= 0.6 is 0 Å². The fraction of sp³-hybridized carbons (Fsp3) is 0.233. The predicted octanol–water partition coefficient (Wildman–Crippen LogP) is 6.23. The summed E-state index contributed by atoms with van der Waals surface area (Å²) in [6.45, 7) is 6.85. The van der Waals surface area contributed by atoms with E-state index in [4.69, 9.17) is 9.73 Å². The van der Waals surface area contributed by atoms with Gasteiger partial charge >= 0.3 is 0 Å². The third kappa shape index (κ3) is 4.76. The molecule has 0 aliphatic carbocycles. The van der Waals surface area contributed by atoms with Gasteiger partial charge in [-0.3, -0.25) is 0 Å². The average Bonchev–Trinajstić information content (AvgIpc) is 2.89. The Labute approximate surface area is 202 Å². The highest BCUT2D eigenvalue weighted by Crippen LogP contribution is 2.30. The van der Waals surface area contributed by atoms with Crippen molar-refractivity contribution < 1.29 is 4.74 Å². The first-order valence-corrected chi connectivity index (χ1v) is 12.0. The minimum Gasteiger partial charge on any atom is -0.485 e. The molecule has 0 atom stereocenters. The van der Waals surface area contributed by atoms with E-state index in [1.165, 1.54) is 16.7 Å². The van der Waals surface area contributed by atoms with Gasteiger partial charge in [0.2, 0.25) is 0 Å². The Kier molecular flexibility index (Phi) is 6.48. The first kappa shape index (κ1) is 22.0. The minimum absolute atomic E-state index is 0.436. The normalized spacial score (nSPS) is 15.4. The third-order valence-electron chi connectivity index (χ3n) is 6.41. The second-order valence-corrected chi connectivity index (χ2v) is 9.01. The van der Waals surface area contributed by atoms with Crippen molar-refractivity contribution in [2.45, 2.75) is 32.9 Å². The van der Waals surface area contributed by atoms with Gasteiger partial charge in [0.25, 0.3) is 0 Å². The molecule has 0 radical (unpaired) electrons. The van der Waals surface area contributed by atoms with Crippen LogP contribution in [-0.2, 0) is 17.8 Å². The van der Waals surface area contributed by atoms with Gasteiger partial charge < -0.3 is 14.5 Å². The zero-order valence-electron chi connectivity index (χ0n) is 19.9. The van der Waals surface area contributed by atoms with Gasteiger partial charge in [0.1, 0.15) is 18.1 Å². The summed E-state index contributed by atoms with van der Waals surface area (Å²) >= 11 is 0. The van der Waals surface area contributed by atoms with Gasteiger partial charge in [0.05, 0.1) is 6.20 Å². The fourth-order valence-electron chi connectivity index (χ4n) is 4.50. The third-order valence-corrected chi connectivity index (χ3v) is 6.41. The van der Waals surface area contributed by atoms with E-state index in [0.29, 0.717) is 12.6 Å². The van der Waals surface area contributed by atoms with Crippen LogP contribution in [-0.4, -0.2) is 34.8 Å². The molecule has 0 bridgehead atoms. The minimum atomic E-state index is 0.436. The number of hydrogen-bond acceptors (Lipinski definition) is 4. The zero-order valence-corrected chi connectivity index (χ0v) is 19.9. The number of nitrogens with zero attached hydrogens (tertiary/aromatic N) is 3. The maximum Gasteiger partial charge on any atom is 0.163 e. The van der Waals surface area contributed by atoms with Gasteiger partial charge in [-0.1, -0.05) is 84.9 Å². The number of ether oxygens (including phenoxy) is 1. The van der Waals surface area contributed by atoms with Gasteiger partial charge in [-0.05, 0) is 36.1 Å². The summed E-state index contributed by atoms with van der Waals surface area (Å²) in [4.78, 5) is 9.62. The predicted molar refractivity (Wildman–Crippen MR) is 139 cm³/mol. The van der Waals surface area contributed by atoms with Crippen molar-refractivity contribution in [1.29, 1.82) is 0 Å². The molecule has 5 rings (SSSR count). The highest BCUT2D eigenvalue weighted by molar-refractivity contribution is 5.90. The van der Waals surface area contributed by atoms with Crippen molar-refractivity contribution in [3.8, 4) is 11.1 Å². The van der Waals surface area contributed by atoms with Crippen molar-refractivity contribution in [2.75, 3.05) is 13.1 Å². The van der Waals surface area contributed by atoms with Crippen LogP contribution in [0.3, 0.4) is 0 Å². The van der Waals surface area contributed by atoms with E-state index in [0.717, 1.165) is 42.4 Å². The van der Waals surface area contributed by atoms with Crippen LogP contribution < -0.4 is 0 Å². The number of hydrogen-bond donors (Lipinski definition) is 0.